The van der Waals surface area contributed by atoms with Crippen molar-refractivity contribution in [1.29, 1.82) is 0 Å². The molecule has 146 valence electrons. The van der Waals surface area contributed by atoms with Crippen molar-refractivity contribution in [2.45, 2.75) is 70.8 Å². The van der Waals surface area contributed by atoms with Gasteiger partial charge in [-0.15, -0.1) is 12.4 Å². The molecular weight excluding hydrogens is 334 g/mol. The monoisotopic (exact) mass is 371 g/mol. The fourth-order valence-electron chi connectivity index (χ4n) is 6.91. The summed E-state index contributed by atoms with van der Waals surface area (Å²) in [7, 11) is 0. The predicted molar refractivity (Wildman–Crippen MR) is 104 cm³/mol. The molecule has 2 atom stereocenters. The lowest BCUT2D eigenvalue weighted by atomic mass is 9.49. The van der Waals surface area contributed by atoms with Crippen molar-refractivity contribution in [2.24, 2.45) is 29.1 Å². The Balaban J connectivity index is 0.00000182. The summed E-state index contributed by atoms with van der Waals surface area (Å²) in [5.41, 5.74) is 0.613. The molecule has 1 aliphatic heterocycles. The molecular formula is C21H38ClNO2. The Bertz CT molecular complexity index is 395. The fourth-order valence-corrected chi connectivity index (χ4v) is 6.91. The highest BCUT2D eigenvalue weighted by Gasteiger charge is 2.50. The van der Waals surface area contributed by atoms with E-state index in [1.807, 2.05) is 0 Å². The van der Waals surface area contributed by atoms with Crippen molar-refractivity contribution in [1.82, 2.24) is 4.90 Å². The first-order chi connectivity index (χ1) is 11.6. The zero-order valence-corrected chi connectivity index (χ0v) is 16.8. The van der Waals surface area contributed by atoms with Crippen molar-refractivity contribution in [3.63, 3.8) is 0 Å². The molecule has 4 saturated carbocycles. The number of rotatable bonds is 7. The van der Waals surface area contributed by atoms with E-state index in [2.05, 4.69) is 11.8 Å². The minimum atomic E-state index is -0.313. The highest BCUT2D eigenvalue weighted by atomic mass is 35.5. The van der Waals surface area contributed by atoms with Crippen LogP contribution in [0.3, 0.4) is 0 Å². The Morgan fingerprint density at radius 2 is 1.76 bits per heavy atom. The largest absolute Gasteiger partial charge is 0.389 e. The van der Waals surface area contributed by atoms with Gasteiger partial charge in [0, 0.05) is 19.7 Å². The van der Waals surface area contributed by atoms with E-state index < -0.39 is 0 Å². The Labute approximate surface area is 160 Å². The Kier molecular flexibility index (Phi) is 6.74. The molecule has 3 nitrogen and oxygen atoms in total. The van der Waals surface area contributed by atoms with E-state index in [4.69, 9.17) is 4.74 Å². The molecule has 0 amide bonds. The number of likely N-dealkylation sites (tertiary alicyclic amines) is 1. The number of nitrogens with zero attached hydrogens (tertiary/aromatic N) is 1. The van der Waals surface area contributed by atoms with Gasteiger partial charge in [0.15, 0.2) is 0 Å². The van der Waals surface area contributed by atoms with Crippen LogP contribution in [0.1, 0.15) is 64.7 Å². The van der Waals surface area contributed by atoms with Crippen molar-refractivity contribution in [3.8, 4) is 0 Å². The predicted octanol–water partition coefficient (Wildman–Crippen LogP) is 4.12. The Hall–Kier alpha value is 0.170. The van der Waals surface area contributed by atoms with Gasteiger partial charge in [0.25, 0.3) is 0 Å². The van der Waals surface area contributed by atoms with Crippen LogP contribution < -0.4 is 0 Å². The number of halogens is 1. The highest BCUT2D eigenvalue weighted by Crippen LogP contribution is 2.61. The normalized spacial score (nSPS) is 41.5. The summed E-state index contributed by atoms with van der Waals surface area (Å²) in [4.78, 5) is 2.42. The molecule has 4 heteroatoms. The highest BCUT2D eigenvalue weighted by molar-refractivity contribution is 5.85. The molecule has 1 N–H and O–H groups in total. The van der Waals surface area contributed by atoms with Crippen LogP contribution in [-0.2, 0) is 4.74 Å². The second-order valence-corrected chi connectivity index (χ2v) is 9.90. The van der Waals surface area contributed by atoms with Gasteiger partial charge in [0.1, 0.15) is 0 Å². The molecule has 4 aliphatic carbocycles. The molecule has 5 fully saturated rings. The van der Waals surface area contributed by atoms with Gasteiger partial charge in [-0.2, -0.15) is 0 Å². The Morgan fingerprint density at radius 1 is 1.12 bits per heavy atom. The molecule has 0 radical (unpaired) electrons. The molecule has 0 aromatic carbocycles. The van der Waals surface area contributed by atoms with Gasteiger partial charge in [0.05, 0.1) is 12.7 Å². The third-order valence-electron chi connectivity index (χ3n) is 7.46. The van der Waals surface area contributed by atoms with Gasteiger partial charge in [0.2, 0.25) is 0 Å². The van der Waals surface area contributed by atoms with Crippen molar-refractivity contribution in [3.05, 3.63) is 0 Å². The number of aliphatic hydroxyl groups is 1. The molecule has 4 bridgehead atoms. The van der Waals surface area contributed by atoms with Crippen LogP contribution in [0.5, 0.6) is 0 Å². The molecule has 1 heterocycles. The quantitative estimate of drug-likeness (QED) is 0.683. The topological polar surface area (TPSA) is 32.7 Å². The summed E-state index contributed by atoms with van der Waals surface area (Å²) >= 11 is 0. The SMILES string of the molecule is CC1CCCN(CC(O)COCCC23CC4CC(CC(C4)C2)C3)C1.Cl. The van der Waals surface area contributed by atoms with E-state index >= 15 is 0 Å². The molecule has 5 rings (SSSR count). The van der Waals surface area contributed by atoms with E-state index in [1.165, 1.54) is 57.8 Å². The first-order valence-corrected chi connectivity index (χ1v) is 10.6. The van der Waals surface area contributed by atoms with Gasteiger partial charge in [-0.1, -0.05) is 6.92 Å². The van der Waals surface area contributed by atoms with Gasteiger partial charge in [-0.05, 0) is 93.4 Å². The van der Waals surface area contributed by atoms with Crippen LogP contribution >= 0.6 is 12.4 Å². The van der Waals surface area contributed by atoms with Crippen molar-refractivity contribution in [2.75, 3.05) is 32.8 Å². The number of hydrogen-bond acceptors (Lipinski definition) is 3. The zero-order valence-electron chi connectivity index (χ0n) is 16.0. The fraction of sp³-hybridized carbons (Fsp3) is 1.00. The van der Waals surface area contributed by atoms with Gasteiger partial charge < -0.3 is 14.7 Å². The third kappa shape index (κ3) is 4.91. The number of aliphatic hydroxyl groups excluding tert-OH is 1. The first kappa shape index (κ1) is 19.9. The van der Waals surface area contributed by atoms with Crippen molar-refractivity contribution < 1.29 is 9.84 Å². The first-order valence-electron chi connectivity index (χ1n) is 10.6. The van der Waals surface area contributed by atoms with Crippen LogP contribution in [0.25, 0.3) is 0 Å². The summed E-state index contributed by atoms with van der Waals surface area (Å²) in [5, 5.41) is 10.3. The molecule has 1 saturated heterocycles. The van der Waals surface area contributed by atoms with E-state index in [9.17, 15) is 5.11 Å². The summed E-state index contributed by atoms with van der Waals surface area (Å²) in [6, 6.07) is 0. The van der Waals surface area contributed by atoms with E-state index in [1.54, 1.807) is 0 Å². The van der Waals surface area contributed by atoms with E-state index in [0.717, 1.165) is 49.9 Å². The minimum Gasteiger partial charge on any atom is -0.389 e. The molecule has 2 unspecified atom stereocenters. The number of hydrogen-bond donors (Lipinski definition) is 1. The maximum atomic E-state index is 10.3. The van der Waals surface area contributed by atoms with Gasteiger partial charge in [-0.25, -0.2) is 0 Å². The summed E-state index contributed by atoms with van der Waals surface area (Å²) in [6.07, 6.45) is 12.5. The Morgan fingerprint density at radius 3 is 2.36 bits per heavy atom. The average molecular weight is 372 g/mol. The van der Waals surface area contributed by atoms with Gasteiger partial charge >= 0.3 is 0 Å². The van der Waals surface area contributed by atoms with Crippen LogP contribution in [0.2, 0.25) is 0 Å². The molecule has 0 aromatic rings. The maximum absolute atomic E-state index is 10.3. The molecule has 25 heavy (non-hydrogen) atoms. The van der Waals surface area contributed by atoms with Crippen LogP contribution in [0.15, 0.2) is 0 Å². The number of piperidine rings is 1. The lowest BCUT2D eigenvalue weighted by molar-refractivity contribution is -0.0743. The number of β-amino-alcohol motifs (C(OH)–C–C–N with tert-alkyl or cyclic N) is 1. The summed E-state index contributed by atoms with van der Waals surface area (Å²) in [6.45, 7) is 6.79. The number of ether oxygens (including phenoxy) is 1. The summed E-state index contributed by atoms with van der Waals surface area (Å²) in [5.74, 6) is 3.87. The van der Waals surface area contributed by atoms with Crippen LogP contribution in [-0.4, -0.2) is 49.0 Å². The van der Waals surface area contributed by atoms with Crippen LogP contribution in [0, 0.1) is 29.1 Å². The minimum absolute atomic E-state index is 0. The average Bonchev–Trinajstić information content (AvgIpc) is 2.50. The lowest BCUT2D eigenvalue weighted by Crippen LogP contribution is -2.46. The van der Waals surface area contributed by atoms with Crippen molar-refractivity contribution >= 4 is 12.4 Å². The van der Waals surface area contributed by atoms with E-state index in [-0.39, 0.29) is 18.5 Å². The standard InChI is InChI=1S/C21H37NO2.ClH/c1-16-3-2-5-22(13-16)14-20(23)15-24-6-4-21-10-17-7-18(11-21)9-19(8-17)12-21;/h16-20,23H,2-15H2,1H3;1H. The second-order valence-electron chi connectivity index (χ2n) is 9.90. The zero-order chi connectivity index (χ0) is 16.6. The van der Waals surface area contributed by atoms with E-state index in [0.29, 0.717) is 12.0 Å². The summed E-state index contributed by atoms with van der Waals surface area (Å²) < 4.78 is 5.93. The van der Waals surface area contributed by atoms with Gasteiger partial charge in [-0.3, -0.25) is 0 Å². The molecule has 0 spiro atoms. The second kappa shape index (κ2) is 8.46. The lowest BCUT2D eigenvalue weighted by Gasteiger charge is -2.57. The maximum Gasteiger partial charge on any atom is 0.0900 e. The molecule has 0 aromatic heterocycles. The van der Waals surface area contributed by atoms with Crippen LogP contribution in [0.4, 0.5) is 0 Å². The third-order valence-corrected chi connectivity index (χ3v) is 7.46. The molecule has 5 aliphatic rings. The smallest absolute Gasteiger partial charge is 0.0900 e.